The summed E-state index contributed by atoms with van der Waals surface area (Å²) in [4.78, 5) is 17.7. The van der Waals surface area contributed by atoms with E-state index in [1.165, 1.54) is 0 Å². The summed E-state index contributed by atoms with van der Waals surface area (Å²) in [6, 6.07) is 3.75. The number of ketones is 1. The SMILES string of the molecule is [CH2]CCN(CC(O)C(=O)C(C)C)c1cccnc1. The Hall–Kier alpha value is -1.42. The number of aliphatic hydroxyl groups excluding tert-OH is 1. The molecule has 0 aliphatic rings. The van der Waals surface area contributed by atoms with E-state index in [1.54, 1.807) is 26.2 Å². The minimum atomic E-state index is -0.961. The van der Waals surface area contributed by atoms with Crippen molar-refractivity contribution >= 4 is 11.5 Å². The normalized spacial score (nSPS) is 12.5. The molecular formula is C14H21N2O2. The van der Waals surface area contributed by atoms with Crippen molar-refractivity contribution in [2.45, 2.75) is 26.4 Å². The molecule has 99 valence electrons. The van der Waals surface area contributed by atoms with Gasteiger partial charge in [-0.15, -0.1) is 0 Å². The molecule has 4 heteroatoms. The molecule has 1 atom stereocenters. The van der Waals surface area contributed by atoms with Crippen LogP contribution in [0.25, 0.3) is 0 Å². The number of carbonyl (C=O) groups is 1. The summed E-state index contributed by atoms with van der Waals surface area (Å²) in [6.07, 6.45) is 3.16. The van der Waals surface area contributed by atoms with Crippen molar-refractivity contribution in [1.82, 2.24) is 4.98 Å². The van der Waals surface area contributed by atoms with Gasteiger partial charge in [0.1, 0.15) is 6.10 Å². The van der Waals surface area contributed by atoms with Crippen molar-refractivity contribution in [2.24, 2.45) is 5.92 Å². The molecule has 0 saturated carbocycles. The molecule has 0 aliphatic carbocycles. The maximum absolute atomic E-state index is 11.7. The Labute approximate surface area is 109 Å². The first-order chi connectivity index (χ1) is 8.56. The van der Waals surface area contributed by atoms with E-state index in [2.05, 4.69) is 11.9 Å². The van der Waals surface area contributed by atoms with E-state index >= 15 is 0 Å². The topological polar surface area (TPSA) is 53.4 Å². The molecule has 1 radical (unpaired) electrons. The van der Waals surface area contributed by atoms with Crippen LogP contribution in [-0.4, -0.2) is 35.1 Å². The number of carbonyl (C=O) groups excluding carboxylic acids is 1. The summed E-state index contributed by atoms with van der Waals surface area (Å²) in [7, 11) is 0. The molecule has 18 heavy (non-hydrogen) atoms. The fourth-order valence-electron chi connectivity index (χ4n) is 1.74. The van der Waals surface area contributed by atoms with Crippen LogP contribution in [0.1, 0.15) is 20.3 Å². The van der Waals surface area contributed by atoms with Gasteiger partial charge < -0.3 is 10.0 Å². The summed E-state index contributed by atoms with van der Waals surface area (Å²) in [5, 5.41) is 9.91. The number of nitrogens with zero attached hydrogens (tertiary/aromatic N) is 2. The Morgan fingerprint density at radius 1 is 1.56 bits per heavy atom. The van der Waals surface area contributed by atoms with Crippen LogP contribution in [0.4, 0.5) is 5.69 Å². The number of rotatable bonds is 7. The second kappa shape index (κ2) is 7.11. The van der Waals surface area contributed by atoms with Gasteiger partial charge in [-0.2, -0.15) is 0 Å². The Morgan fingerprint density at radius 2 is 2.28 bits per heavy atom. The van der Waals surface area contributed by atoms with Gasteiger partial charge >= 0.3 is 0 Å². The van der Waals surface area contributed by atoms with Crippen LogP contribution in [-0.2, 0) is 4.79 Å². The third-order valence-corrected chi connectivity index (χ3v) is 2.73. The molecule has 0 fully saturated rings. The van der Waals surface area contributed by atoms with E-state index in [0.29, 0.717) is 13.0 Å². The number of hydrogen-bond donors (Lipinski definition) is 1. The predicted molar refractivity (Wildman–Crippen MR) is 72.3 cm³/mol. The first kappa shape index (κ1) is 14.6. The molecule has 1 aromatic rings. The van der Waals surface area contributed by atoms with Crippen LogP contribution < -0.4 is 4.90 Å². The van der Waals surface area contributed by atoms with Crippen LogP contribution in [0.3, 0.4) is 0 Å². The fraction of sp³-hybridized carbons (Fsp3) is 0.500. The first-order valence-corrected chi connectivity index (χ1v) is 6.22. The number of Topliss-reactive ketones (excluding diaryl/α,β-unsaturated/α-hetero) is 1. The molecule has 1 aromatic heterocycles. The summed E-state index contributed by atoms with van der Waals surface area (Å²) in [5.74, 6) is -0.288. The molecule has 1 rings (SSSR count). The Bertz CT molecular complexity index is 365. The van der Waals surface area contributed by atoms with Crippen LogP contribution >= 0.6 is 0 Å². The predicted octanol–water partition coefficient (Wildman–Crippen LogP) is 1.70. The summed E-state index contributed by atoms with van der Waals surface area (Å²) in [5.41, 5.74) is 0.900. The summed E-state index contributed by atoms with van der Waals surface area (Å²) >= 11 is 0. The van der Waals surface area contributed by atoms with E-state index in [-0.39, 0.29) is 18.2 Å². The molecule has 0 amide bonds. The van der Waals surface area contributed by atoms with Gasteiger partial charge in [-0.1, -0.05) is 20.8 Å². The number of pyridine rings is 1. The lowest BCUT2D eigenvalue weighted by Gasteiger charge is -2.26. The highest BCUT2D eigenvalue weighted by Crippen LogP contribution is 2.13. The van der Waals surface area contributed by atoms with E-state index in [9.17, 15) is 9.90 Å². The third-order valence-electron chi connectivity index (χ3n) is 2.73. The summed E-state index contributed by atoms with van der Waals surface area (Å²) in [6.45, 7) is 8.37. The van der Waals surface area contributed by atoms with Gasteiger partial charge in [0.25, 0.3) is 0 Å². The van der Waals surface area contributed by atoms with Gasteiger partial charge in [-0.25, -0.2) is 0 Å². The zero-order valence-corrected chi connectivity index (χ0v) is 11.0. The van der Waals surface area contributed by atoms with Crippen LogP contribution in [0.2, 0.25) is 0 Å². The standard InChI is InChI=1S/C14H21N2O2/c1-4-8-16(12-6-5-7-15-9-12)10-13(17)14(18)11(2)3/h5-7,9,11,13,17H,1,4,8,10H2,2-3H3. The molecule has 0 aliphatic heterocycles. The molecule has 0 bridgehead atoms. The van der Waals surface area contributed by atoms with Gasteiger partial charge in [0.05, 0.1) is 18.4 Å². The lowest BCUT2D eigenvalue weighted by molar-refractivity contribution is -0.129. The molecular weight excluding hydrogens is 228 g/mol. The highest BCUT2D eigenvalue weighted by Gasteiger charge is 2.21. The fourth-order valence-corrected chi connectivity index (χ4v) is 1.74. The average molecular weight is 249 g/mol. The highest BCUT2D eigenvalue weighted by atomic mass is 16.3. The molecule has 1 heterocycles. The Morgan fingerprint density at radius 3 is 2.78 bits per heavy atom. The summed E-state index contributed by atoms with van der Waals surface area (Å²) < 4.78 is 0. The van der Waals surface area contributed by atoms with Gasteiger partial charge in [-0.05, 0) is 18.6 Å². The molecule has 0 aromatic carbocycles. The quantitative estimate of drug-likeness (QED) is 0.799. The monoisotopic (exact) mass is 249 g/mol. The van der Waals surface area contributed by atoms with Crippen LogP contribution in [0.5, 0.6) is 0 Å². The minimum Gasteiger partial charge on any atom is -0.383 e. The zero-order chi connectivity index (χ0) is 13.5. The highest BCUT2D eigenvalue weighted by molar-refractivity contribution is 5.85. The first-order valence-electron chi connectivity index (χ1n) is 6.22. The largest absolute Gasteiger partial charge is 0.383 e. The second-order valence-corrected chi connectivity index (χ2v) is 4.58. The van der Waals surface area contributed by atoms with Crippen LogP contribution in [0.15, 0.2) is 24.5 Å². The number of aliphatic hydroxyl groups is 1. The smallest absolute Gasteiger partial charge is 0.165 e. The molecule has 0 spiro atoms. The van der Waals surface area contributed by atoms with Crippen molar-refractivity contribution < 1.29 is 9.90 Å². The maximum Gasteiger partial charge on any atom is 0.165 e. The number of aromatic nitrogens is 1. The second-order valence-electron chi connectivity index (χ2n) is 4.58. The lowest BCUT2D eigenvalue weighted by Crippen LogP contribution is -2.39. The van der Waals surface area contributed by atoms with Crippen molar-refractivity contribution in [3.8, 4) is 0 Å². The maximum atomic E-state index is 11.7. The van der Waals surface area contributed by atoms with E-state index in [4.69, 9.17) is 0 Å². The molecule has 0 saturated heterocycles. The number of anilines is 1. The molecule has 1 N–H and O–H groups in total. The Balaban J connectivity index is 2.72. The average Bonchev–Trinajstić information content (AvgIpc) is 2.38. The third kappa shape index (κ3) is 4.11. The Kier molecular flexibility index (Phi) is 5.78. The van der Waals surface area contributed by atoms with Gasteiger partial charge in [0, 0.05) is 18.7 Å². The van der Waals surface area contributed by atoms with Crippen LogP contribution in [0, 0.1) is 12.8 Å². The van der Waals surface area contributed by atoms with E-state index in [1.807, 2.05) is 17.0 Å². The zero-order valence-electron chi connectivity index (χ0n) is 11.0. The molecule has 4 nitrogen and oxygen atoms in total. The van der Waals surface area contributed by atoms with E-state index in [0.717, 1.165) is 5.69 Å². The minimum absolute atomic E-state index is 0.132. The van der Waals surface area contributed by atoms with Gasteiger partial charge in [0.15, 0.2) is 5.78 Å². The van der Waals surface area contributed by atoms with Crippen molar-refractivity contribution in [3.63, 3.8) is 0 Å². The van der Waals surface area contributed by atoms with Crippen molar-refractivity contribution in [1.29, 1.82) is 0 Å². The lowest BCUT2D eigenvalue weighted by atomic mass is 10.0. The molecule has 1 unspecified atom stereocenters. The van der Waals surface area contributed by atoms with Crippen molar-refractivity contribution in [3.05, 3.63) is 31.5 Å². The van der Waals surface area contributed by atoms with E-state index < -0.39 is 6.10 Å². The van der Waals surface area contributed by atoms with Crippen molar-refractivity contribution in [2.75, 3.05) is 18.0 Å². The van der Waals surface area contributed by atoms with Gasteiger partial charge in [0.2, 0.25) is 0 Å². The number of hydrogen-bond acceptors (Lipinski definition) is 4. The van der Waals surface area contributed by atoms with Gasteiger partial charge in [-0.3, -0.25) is 9.78 Å².